The zero-order valence-corrected chi connectivity index (χ0v) is 8.12. The molecule has 0 unspecified atom stereocenters. The summed E-state index contributed by atoms with van der Waals surface area (Å²) < 4.78 is 22.5. The second kappa shape index (κ2) is 3.56. The second-order valence-electron chi connectivity index (χ2n) is 2.05. The molecule has 1 aromatic heterocycles. The maximum atomic E-state index is 12.7. The Balaban J connectivity index is 3.14. The van der Waals surface area contributed by atoms with Crippen LogP contribution in [0.5, 0.6) is 0 Å². The fraction of sp³-hybridized carbons (Fsp3) is 0.333. The number of aromatic nitrogens is 2. The first-order chi connectivity index (χ1) is 5.55. The van der Waals surface area contributed by atoms with E-state index < -0.39 is 3.93 Å². The standard InChI is InChI=1S/C6H6F2IN3/c7-6(8,9)5-4(3-10)11-1-2-12-5/h1-2H,3,10H2. The fourth-order valence-electron chi connectivity index (χ4n) is 0.753. The Morgan fingerprint density at radius 3 is 2.42 bits per heavy atom. The Hall–Kier alpha value is -0.370. The lowest BCUT2D eigenvalue weighted by atomic mass is 10.3. The summed E-state index contributed by atoms with van der Waals surface area (Å²) in [7, 11) is 0. The van der Waals surface area contributed by atoms with E-state index in [1.165, 1.54) is 12.4 Å². The molecule has 0 aliphatic heterocycles. The first-order valence-electron chi connectivity index (χ1n) is 3.13. The number of nitrogens with zero attached hydrogens (tertiary/aromatic N) is 2. The van der Waals surface area contributed by atoms with Gasteiger partial charge in [0.15, 0.2) is 0 Å². The summed E-state index contributed by atoms with van der Waals surface area (Å²) in [6.07, 6.45) is 2.56. The summed E-state index contributed by atoms with van der Waals surface area (Å²) in [5.41, 5.74) is 4.99. The Morgan fingerprint density at radius 1 is 1.42 bits per heavy atom. The third kappa shape index (κ3) is 2.07. The van der Waals surface area contributed by atoms with E-state index >= 15 is 0 Å². The molecule has 0 saturated heterocycles. The number of nitrogens with two attached hydrogens (primary N) is 1. The van der Waals surface area contributed by atoms with Crippen molar-refractivity contribution in [3.8, 4) is 0 Å². The number of alkyl halides is 3. The molecule has 0 fully saturated rings. The van der Waals surface area contributed by atoms with Gasteiger partial charge >= 0.3 is 3.93 Å². The highest BCUT2D eigenvalue weighted by Crippen LogP contribution is 2.34. The van der Waals surface area contributed by atoms with Gasteiger partial charge in [0.2, 0.25) is 0 Å². The smallest absolute Gasteiger partial charge is 0.325 e. The van der Waals surface area contributed by atoms with E-state index in [0.717, 1.165) is 22.6 Å². The van der Waals surface area contributed by atoms with Gasteiger partial charge in [0.1, 0.15) is 5.69 Å². The maximum Gasteiger partial charge on any atom is 0.339 e. The summed E-state index contributed by atoms with van der Waals surface area (Å²) in [5.74, 6) is 0. The van der Waals surface area contributed by atoms with Crippen molar-refractivity contribution < 1.29 is 8.78 Å². The molecule has 0 aliphatic rings. The predicted molar refractivity (Wildman–Crippen MR) is 47.8 cm³/mol. The molecule has 3 nitrogen and oxygen atoms in total. The molecule has 0 amide bonds. The van der Waals surface area contributed by atoms with Crippen LogP contribution in [0.15, 0.2) is 12.4 Å². The van der Waals surface area contributed by atoms with Gasteiger partial charge in [0.25, 0.3) is 0 Å². The summed E-state index contributed by atoms with van der Waals surface area (Å²) in [6.45, 7) is -0.0260. The fourth-order valence-corrected chi connectivity index (χ4v) is 1.20. The zero-order chi connectivity index (χ0) is 9.19. The molecule has 0 atom stereocenters. The molecule has 0 spiro atoms. The first kappa shape index (κ1) is 9.72. The number of halogens is 3. The number of rotatable bonds is 2. The highest BCUT2D eigenvalue weighted by molar-refractivity contribution is 14.1. The molecule has 0 aliphatic carbocycles. The molecule has 1 heterocycles. The Kier molecular flexibility index (Phi) is 2.89. The van der Waals surface area contributed by atoms with Crippen molar-refractivity contribution in [2.75, 3.05) is 0 Å². The van der Waals surface area contributed by atoms with Gasteiger partial charge in [0, 0.05) is 41.5 Å². The third-order valence-corrected chi connectivity index (χ3v) is 1.75. The number of hydrogen-bond donors (Lipinski definition) is 1. The topological polar surface area (TPSA) is 51.8 Å². The van der Waals surface area contributed by atoms with Crippen LogP contribution in [0.2, 0.25) is 0 Å². The largest absolute Gasteiger partial charge is 0.339 e. The van der Waals surface area contributed by atoms with Crippen molar-refractivity contribution in [2.45, 2.75) is 10.5 Å². The molecule has 1 rings (SSSR count). The van der Waals surface area contributed by atoms with E-state index in [2.05, 4.69) is 9.97 Å². The Bertz CT molecular complexity index is 274. The van der Waals surface area contributed by atoms with E-state index in [4.69, 9.17) is 5.73 Å². The van der Waals surface area contributed by atoms with Crippen LogP contribution in [-0.2, 0) is 10.5 Å². The normalized spacial score (nSPS) is 11.7. The van der Waals surface area contributed by atoms with Crippen LogP contribution < -0.4 is 5.73 Å². The van der Waals surface area contributed by atoms with Gasteiger partial charge in [-0.1, -0.05) is 0 Å². The minimum absolute atomic E-state index is 0.0260. The number of hydrogen-bond acceptors (Lipinski definition) is 3. The van der Waals surface area contributed by atoms with E-state index in [1.807, 2.05) is 0 Å². The molecular formula is C6H6F2IN3. The van der Waals surface area contributed by atoms with Gasteiger partial charge in [-0.05, 0) is 0 Å². The highest BCUT2D eigenvalue weighted by atomic mass is 127. The second-order valence-corrected chi connectivity index (χ2v) is 3.41. The van der Waals surface area contributed by atoms with Crippen molar-refractivity contribution >= 4 is 22.6 Å². The van der Waals surface area contributed by atoms with Crippen LogP contribution in [0, 0.1) is 0 Å². The molecule has 0 saturated carbocycles. The summed E-state index contributed by atoms with van der Waals surface area (Å²) >= 11 is 1.00. The molecule has 2 N–H and O–H groups in total. The van der Waals surface area contributed by atoms with E-state index in [-0.39, 0.29) is 17.9 Å². The van der Waals surface area contributed by atoms with Crippen molar-refractivity contribution in [1.29, 1.82) is 0 Å². The first-order valence-corrected chi connectivity index (χ1v) is 4.20. The SMILES string of the molecule is NCc1nccnc1C(F)(F)I. The monoisotopic (exact) mass is 285 g/mol. The zero-order valence-electron chi connectivity index (χ0n) is 5.97. The van der Waals surface area contributed by atoms with Crippen LogP contribution in [0.25, 0.3) is 0 Å². The molecule has 66 valence electrons. The molecule has 0 aromatic carbocycles. The lowest BCUT2D eigenvalue weighted by Gasteiger charge is -2.09. The van der Waals surface area contributed by atoms with Crippen molar-refractivity contribution in [3.05, 3.63) is 23.8 Å². The van der Waals surface area contributed by atoms with Gasteiger partial charge in [-0.3, -0.25) is 9.97 Å². The van der Waals surface area contributed by atoms with Crippen LogP contribution in [0.4, 0.5) is 8.78 Å². The molecule has 0 radical (unpaired) electrons. The summed E-state index contributed by atoms with van der Waals surface area (Å²) in [6, 6.07) is 0. The van der Waals surface area contributed by atoms with Gasteiger partial charge in [-0.15, -0.1) is 0 Å². The van der Waals surface area contributed by atoms with Crippen molar-refractivity contribution in [3.63, 3.8) is 0 Å². The van der Waals surface area contributed by atoms with Gasteiger partial charge in [0.05, 0.1) is 5.69 Å². The van der Waals surface area contributed by atoms with Crippen LogP contribution in [0.1, 0.15) is 11.4 Å². The summed E-state index contributed by atoms with van der Waals surface area (Å²) in [4.78, 5) is 7.21. The van der Waals surface area contributed by atoms with Crippen LogP contribution >= 0.6 is 22.6 Å². The molecule has 0 bridgehead atoms. The maximum absolute atomic E-state index is 12.7. The van der Waals surface area contributed by atoms with Crippen LogP contribution in [-0.4, -0.2) is 9.97 Å². The van der Waals surface area contributed by atoms with Crippen LogP contribution in [0.3, 0.4) is 0 Å². The van der Waals surface area contributed by atoms with E-state index in [9.17, 15) is 8.78 Å². The van der Waals surface area contributed by atoms with Crippen molar-refractivity contribution in [1.82, 2.24) is 9.97 Å². The van der Waals surface area contributed by atoms with Crippen molar-refractivity contribution in [2.24, 2.45) is 5.73 Å². The average molecular weight is 285 g/mol. The highest BCUT2D eigenvalue weighted by Gasteiger charge is 2.31. The molecule has 1 aromatic rings. The Morgan fingerprint density at radius 2 is 2.00 bits per heavy atom. The summed E-state index contributed by atoms with van der Waals surface area (Å²) in [5, 5.41) is 0. The van der Waals surface area contributed by atoms with Gasteiger partial charge in [-0.2, -0.15) is 8.78 Å². The minimum atomic E-state index is -3.00. The molecular weight excluding hydrogens is 279 g/mol. The average Bonchev–Trinajstić information content (AvgIpc) is 2.03. The van der Waals surface area contributed by atoms with E-state index in [1.54, 1.807) is 0 Å². The van der Waals surface area contributed by atoms with Gasteiger partial charge in [-0.25, -0.2) is 0 Å². The molecule has 6 heteroatoms. The van der Waals surface area contributed by atoms with E-state index in [0.29, 0.717) is 0 Å². The lowest BCUT2D eigenvalue weighted by Crippen LogP contribution is -2.14. The Labute approximate surface area is 81.5 Å². The lowest BCUT2D eigenvalue weighted by molar-refractivity contribution is 0.120. The minimum Gasteiger partial charge on any atom is -0.325 e. The predicted octanol–water partition coefficient (Wildman–Crippen LogP) is 1.42. The molecule has 12 heavy (non-hydrogen) atoms. The quantitative estimate of drug-likeness (QED) is 0.660. The third-order valence-electron chi connectivity index (χ3n) is 1.24. The van der Waals surface area contributed by atoms with Gasteiger partial charge < -0.3 is 5.73 Å².